The number of halogens is 1. The Bertz CT molecular complexity index is 1340. The van der Waals surface area contributed by atoms with Gasteiger partial charge in [-0.2, -0.15) is 5.10 Å². The van der Waals surface area contributed by atoms with E-state index in [2.05, 4.69) is 27.2 Å². The Morgan fingerprint density at radius 2 is 1.91 bits per heavy atom. The second kappa shape index (κ2) is 8.41. The van der Waals surface area contributed by atoms with Crippen LogP contribution in [0.3, 0.4) is 0 Å². The molecule has 4 aromatic rings. The summed E-state index contributed by atoms with van der Waals surface area (Å²) in [5.41, 5.74) is 14.1. The van der Waals surface area contributed by atoms with Crippen LogP contribution in [0.5, 0.6) is 0 Å². The minimum atomic E-state index is -0.691. The van der Waals surface area contributed by atoms with E-state index < -0.39 is 6.03 Å². The first kappa shape index (κ1) is 20.7. The van der Waals surface area contributed by atoms with E-state index in [0.717, 1.165) is 52.0 Å². The molecule has 0 atom stereocenters. The molecule has 32 heavy (non-hydrogen) atoms. The number of urea groups is 1. The highest BCUT2D eigenvalue weighted by Gasteiger charge is 2.26. The maximum atomic E-state index is 11.2. The fourth-order valence-electron chi connectivity index (χ4n) is 4.37. The van der Waals surface area contributed by atoms with E-state index in [4.69, 9.17) is 22.3 Å². The van der Waals surface area contributed by atoms with Crippen molar-refractivity contribution in [1.82, 2.24) is 15.0 Å². The average molecular weight is 464 g/mol. The van der Waals surface area contributed by atoms with Gasteiger partial charge in [0.2, 0.25) is 0 Å². The number of hydrogen-bond donors (Lipinski definition) is 2. The molecule has 0 aliphatic heterocycles. The first-order chi connectivity index (χ1) is 15.5. The summed E-state index contributed by atoms with van der Waals surface area (Å²) in [7, 11) is 0. The van der Waals surface area contributed by atoms with Crippen LogP contribution >= 0.6 is 22.9 Å². The van der Waals surface area contributed by atoms with Crippen molar-refractivity contribution < 1.29 is 4.79 Å². The predicted octanol–water partition coefficient (Wildman–Crippen LogP) is 5.68. The molecule has 0 saturated heterocycles. The normalized spacial score (nSPS) is 13.9. The van der Waals surface area contributed by atoms with Crippen LogP contribution in [0.15, 0.2) is 53.9 Å². The SMILES string of the molecule is C/C(=N\NC(N)=O)c1sc2nc3c(c(-c4ccc(Cl)cc4)c2c1-n1cccc1)CCCC3. The quantitative estimate of drug-likeness (QED) is 0.301. The standard InChI is InChI=1S/C24H22ClN5OS/c1-14(28-29-24(26)31)22-21(30-12-4-5-13-30)20-19(15-8-10-16(25)11-9-15)17-6-2-3-7-18(17)27-23(20)32-22/h4-5,8-13H,2-3,6-7H2,1H3,(H3,26,29,31)/b28-14+. The Kier molecular flexibility index (Phi) is 5.45. The van der Waals surface area contributed by atoms with Crippen LogP contribution in [0.25, 0.3) is 27.0 Å². The van der Waals surface area contributed by atoms with E-state index in [1.807, 2.05) is 43.6 Å². The molecule has 0 fully saturated rings. The van der Waals surface area contributed by atoms with Crippen molar-refractivity contribution in [2.24, 2.45) is 10.8 Å². The fourth-order valence-corrected chi connectivity index (χ4v) is 5.64. The number of thiophene rings is 1. The Hall–Kier alpha value is -3.16. The lowest BCUT2D eigenvalue weighted by Crippen LogP contribution is -2.25. The number of carbonyl (C=O) groups is 1. The fraction of sp³-hybridized carbons (Fsp3) is 0.208. The van der Waals surface area contributed by atoms with E-state index >= 15 is 0 Å². The second-order valence-corrected chi connectivity index (χ2v) is 9.29. The number of hydrogen-bond acceptors (Lipinski definition) is 4. The molecule has 3 aromatic heterocycles. The van der Waals surface area contributed by atoms with Gasteiger partial charge in [-0.1, -0.05) is 23.7 Å². The molecule has 0 unspecified atom stereocenters. The highest BCUT2D eigenvalue weighted by molar-refractivity contribution is 7.21. The van der Waals surface area contributed by atoms with E-state index in [0.29, 0.717) is 10.7 Å². The number of carbonyl (C=O) groups excluding carboxylic acids is 1. The van der Waals surface area contributed by atoms with E-state index in [1.165, 1.54) is 16.8 Å². The molecule has 3 heterocycles. The van der Waals surface area contributed by atoms with Gasteiger partial charge >= 0.3 is 6.03 Å². The van der Waals surface area contributed by atoms with Crippen molar-refractivity contribution in [3.63, 3.8) is 0 Å². The van der Waals surface area contributed by atoms with Gasteiger partial charge in [0.15, 0.2) is 0 Å². The van der Waals surface area contributed by atoms with Gasteiger partial charge in [0.1, 0.15) is 4.83 Å². The highest BCUT2D eigenvalue weighted by atomic mass is 35.5. The van der Waals surface area contributed by atoms with Crippen molar-refractivity contribution in [2.75, 3.05) is 0 Å². The molecule has 0 saturated carbocycles. The summed E-state index contributed by atoms with van der Waals surface area (Å²) < 4.78 is 2.09. The topological polar surface area (TPSA) is 85.3 Å². The first-order valence-electron chi connectivity index (χ1n) is 10.5. The van der Waals surface area contributed by atoms with Crippen molar-refractivity contribution in [3.8, 4) is 16.8 Å². The van der Waals surface area contributed by atoms with Gasteiger partial charge in [0, 0.05) is 28.5 Å². The van der Waals surface area contributed by atoms with Crippen LogP contribution in [0.4, 0.5) is 4.79 Å². The molecular formula is C24H22ClN5OS. The molecular weight excluding hydrogens is 442 g/mol. The van der Waals surface area contributed by atoms with Gasteiger partial charge in [-0.3, -0.25) is 0 Å². The van der Waals surface area contributed by atoms with Gasteiger partial charge in [-0.25, -0.2) is 15.2 Å². The molecule has 2 amide bonds. The number of hydrazone groups is 1. The lowest BCUT2D eigenvalue weighted by molar-refractivity contribution is 0.249. The van der Waals surface area contributed by atoms with Gasteiger partial charge in [-0.15, -0.1) is 11.3 Å². The summed E-state index contributed by atoms with van der Waals surface area (Å²) in [6, 6.07) is 11.3. The molecule has 6 nitrogen and oxygen atoms in total. The number of fused-ring (bicyclic) bond motifs is 2. The molecule has 1 aliphatic carbocycles. The number of nitrogens with zero attached hydrogens (tertiary/aromatic N) is 3. The number of nitrogens with two attached hydrogens (primary N) is 1. The monoisotopic (exact) mass is 463 g/mol. The second-order valence-electron chi connectivity index (χ2n) is 7.85. The zero-order chi connectivity index (χ0) is 22.2. The van der Waals surface area contributed by atoms with Crippen LogP contribution in [-0.4, -0.2) is 21.3 Å². The molecule has 0 bridgehead atoms. The summed E-state index contributed by atoms with van der Waals surface area (Å²) in [5.74, 6) is 0. The third kappa shape index (κ3) is 3.67. The summed E-state index contributed by atoms with van der Waals surface area (Å²) in [5, 5.41) is 6.02. The Balaban J connectivity index is 1.87. The Labute approximate surface area is 194 Å². The van der Waals surface area contributed by atoms with Gasteiger partial charge in [0.25, 0.3) is 0 Å². The smallest absolute Gasteiger partial charge is 0.332 e. The zero-order valence-electron chi connectivity index (χ0n) is 17.6. The number of amides is 2. The Morgan fingerprint density at radius 1 is 1.19 bits per heavy atom. The molecule has 0 spiro atoms. The van der Waals surface area contributed by atoms with Crippen LogP contribution in [0.1, 0.15) is 35.9 Å². The van der Waals surface area contributed by atoms with Crippen molar-refractivity contribution in [3.05, 3.63) is 69.9 Å². The lowest BCUT2D eigenvalue weighted by atomic mass is 9.87. The number of nitrogens with one attached hydrogen (secondary N) is 1. The van der Waals surface area contributed by atoms with Crippen LogP contribution in [-0.2, 0) is 12.8 Å². The molecule has 0 radical (unpaired) electrons. The zero-order valence-corrected chi connectivity index (χ0v) is 19.1. The van der Waals surface area contributed by atoms with Crippen LogP contribution in [0.2, 0.25) is 5.02 Å². The maximum Gasteiger partial charge on any atom is 0.332 e. The average Bonchev–Trinajstić information content (AvgIpc) is 3.44. The summed E-state index contributed by atoms with van der Waals surface area (Å²) in [6.45, 7) is 1.87. The Morgan fingerprint density at radius 3 is 2.62 bits per heavy atom. The van der Waals surface area contributed by atoms with E-state index in [9.17, 15) is 4.79 Å². The van der Waals surface area contributed by atoms with E-state index in [-0.39, 0.29) is 0 Å². The van der Waals surface area contributed by atoms with Gasteiger partial charge < -0.3 is 10.3 Å². The van der Waals surface area contributed by atoms with Crippen molar-refractivity contribution in [1.29, 1.82) is 0 Å². The molecule has 1 aliphatic rings. The molecule has 5 rings (SSSR count). The minimum Gasteiger partial charge on any atom is -0.350 e. The van der Waals surface area contributed by atoms with E-state index in [1.54, 1.807) is 11.3 Å². The summed E-state index contributed by atoms with van der Waals surface area (Å²) in [6.07, 6.45) is 8.32. The molecule has 1 aromatic carbocycles. The predicted molar refractivity (Wildman–Crippen MR) is 131 cm³/mol. The molecule has 162 valence electrons. The number of rotatable bonds is 4. The third-order valence-corrected chi connectivity index (χ3v) is 7.18. The van der Waals surface area contributed by atoms with Gasteiger partial charge in [-0.05, 0) is 73.6 Å². The molecule has 3 N–H and O–H groups in total. The summed E-state index contributed by atoms with van der Waals surface area (Å²) in [4.78, 5) is 18.2. The largest absolute Gasteiger partial charge is 0.350 e. The lowest BCUT2D eigenvalue weighted by Gasteiger charge is -2.21. The summed E-state index contributed by atoms with van der Waals surface area (Å²) >= 11 is 7.79. The van der Waals surface area contributed by atoms with Crippen LogP contribution < -0.4 is 11.2 Å². The minimum absolute atomic E-state index is 0.676. The highest BCUT2D eigenvalue weighted by Crippen LogP contribution is 2.44. The van der Waals surface area contributed by atoms with Gasteiger partial charge in [0.05, 0.1) is 16.3 Å². The van der Waals surface area contributed by atoms with Crippen molar-refractivity contribution in [2.45, 2.75) is 32.6 Å². The van der Waals surface area contributed by atoms with Crippen molar-refractivity contribution >= 4 is 44.9 Å². The third-order valence-electron chi connectivity index (χ3n) is 5.75. The number of benzene rings is 1. The number of aryl methyl sites for hydroxylation is 1. The maximum absolute atomic E-state index is 11.2. The number of pyridine rings is 1. The first-order valence-corrected chi connectivity index (χ1v) is 11.7. The molecule has 8 heteroatoms. The number of primary amides is 1. The number of aromatic nitrogens is 2. The van der Waals surface area contributed by atoms with Crippen LogP contribution in [0, 0.1) is 0 Å².